The molecule has 2 N–H and O–H groups in total. The molecule has 1 atom stereocenters. The van der Waals surface area contributed by atoms with Gasteiger partial charge in [-0.2, -0.15) is 5.26 Å². The molecular weight excluding hydrogens is 319 g/mol. The van der Waals surface area contributed by atoms with Crippen LogP contribution in [0.1, 0.15) is 35.6 Å². The highest BCUT2D eigenvalue weighted by molar-refractivity contribution is 5.38. The van der Waals surface area contributed by atoms with Crippen LogP contribution in [0.4, 0.5) is 4.39 Å². The first-order valence-corrected chi connectivity index (χ1v) is 8.15. The molecule has 4 nitrogen and oxygen atoms in total. The molecule has 134 valence electrons. The third-order valence-electron chi connectivity index (χ3n) is 3.62. The minimum absolute atomic E-state index is 0.157. The van der Waals surface area contributed by atoms with E-state index in [0.29, 0.717) is 17.5 Å². The van der Waals surface area contributed by atoms with Crippen molar-refractivity contribution < 1.29 is 14.6 Å². The molecule has 0 saturated carbocycles. The van der Waals surface area contributed by atoms with Crippen molar-refractivity contribution in [2.24, 2.45) is 0 Å². The number of nitriles is 1. The van der Waals surface area contributed by atoms with Gasteiger partial charge < -0.3 is 15.1 Å². The maximum Gasteiger partial charge on any atom is 0.123 e. The first kappa shape index (κ1) is 20.8. The first-order valence-electron chi connectivity index (χ1n) is 8.15. The molecule has 0 aromatic heterocycles. The molecule has 0 saturated heterocycles. The molecule has 0 radical (unpaired) electrons. The predicted octanol–water partition coefficient (Wildman–Crippen LogP) is 3.25. The molecule has 0 aliphatic carbocycles. The molecule has 2 aromatic rings. The van der Waals surface area contributed by atoms with Crippen molar-refractivity contribution in [3.63, 3.8) is 0 Å². The van der Waals surface area contributed by atoms with Crippen LogP contribution in [0.25, 0.3) is 0 Å². The summed E-state index contributed by atoms with van der Waals surface area (Å²) in [7, 11) is 3.99. The van der Waals surface area contributed by atoms with E-state index in [9.17, 15) is 14.6 Å². The summed E-state index contributed by atoms with van der Waals surface area (Å²) in [5.41, 5.74) is 1.85. The van der Waals surface area contributed by atoms with Gasteiger partial charge in [-0.15, -0.1) is 0 Å². The van der Waals surface area contributed by atoms with Crippen molar-refractivity contribution >= 4 is 0 Å². The molecule has 25 heavy (non-hydrogen) atoms. The van der Waals surface area contributed by atoms with Crippen molar-refractivity contribution in [2.75, 3.05) is 20.6 Å². The topological polar surface area (TPSA) is 67.5 Å². The van der Waals surface area contributed by atoms with Crippen molar-refractivity contribution in [1.82, 2.24) is 4.90 Å². The van der Waals surface area contributed by atoms with E-state index in [0.717, 1.165) is 18.5 Å². The van der Waals surface area contributed by atoms with Gasteiger partial charge in [0.1, 0.15) is 5.82 Å². The van der Waals surface area contributed by atoms with Crippen LogP contribution >= 0.6 is 0 Å². The predicted molar refractivity (Wildman–Crippen MR) is 96.2 cm³/mol. The standard InChI is InChI=1S/C14H20N2O2.C6H5F/c1-16(2)7-3-4-14(18)13-6-5-11(9-15)8-12(13)10-17;7-6-4-2-1-3-5-6/h5-6,8,14,17-18H,3-4,7,10H2,1-2H3;1-5H. The Morgan fingerprint density at radius 2 is 1.84 bits per heavy atom. The van der Waals surface area contributed by atoms with E-state index in [4.69, 9.17) is 5.26 Å². The molecular formula is C20H25FN2O2. The summed E-state index contributed by atoms with van der Waals surface area (Å²) < 4.78 is 11.9. The van der Waals surface area contributed by atoms with E-state index < -0.39 is 6.10 Å². The Hall–Kier alpha value is -2.26. The van der Waals surface area contributed by atoms with Crippen molar-refractivity contribution in [2.45, 2.75) is 25.6 Å². The first-order chi connectivity index (χ1) is 12.0. The van der Waals surface area contributed by atoms with E-state index in [1.807, 2.05) is 20.2 Å². The fourth-order valence-electron chi connectivity index (χ4n) is 2.31. The summed E-state index contributed by atoms with van der Waals surface area (Å²) in [6, 6.07) is 15.0. The van der Waals surface area contributed by atoms with Crippen LogP contribution in [0.5, 0.6) is 0 Å². The van der Waals surface area contributed by atoms with Gasteiger partial charge in [-0.3, -0.25) is 0 Å². The van der Waals surface area contributed by atoms with Gasteiger partial charge in [0.2, 0.25) is 0 Å². The smallest absolute Gasteiger partial charge is 0.123 e. The van der Waals surface area contributed by atoms with E-state index in [-0.39, 0.29) is 12.4 Å². The number of aliphatic hydroxyl groups is 2. The lowest BCUT2D eigenvalue weighted by atomic mass is 9.97. The van der Waals surface area contributed by atoms with Gasteiger partial charge in [0.05, 0.1) is 24.3 Å². The monoisotopic (exact) mass is 344 g/mol. The molecule has 0 heterocycles. The summed E-state index contributed by atoms with van der Waals surface area (Å²) in [5.74, 6) is -0.178. The molecule has 5 heteroatoms. The highest BCUT2D eigenvalue weighted by Crippen LogP contribution is 2.23. The van der Waals surface area contributed by atoms with Crippen LogP contribution < -0.4 is 0 Å². The zero-order valence-electron chi connectivity index (χ0n) is 14.7. The average Bonchev–Trinajstić information content (AvgIpc) is 2.62. The van der Waals surface area contributed by atoms with Crippen molar-refractivity contribution in [1.29, 1.82) is 5.26 Å². The van der Waals surface area contributed by atoms with Crippen molar-refractivity contribution in [3.8, 4) is 6.07 Å². The fraction of sp³-hybridized carbons (Fsp3) is 0.350. The van der Waals surface area contributed by atoms with Gasteiger partial charge in [-0.25, -0.2) is 4.39 Å². The zero-order valence-corrected chi connectivity index (χ0v) is 14.7. The number of aliphatic hydroxyl groups excluding tert-OH is 2. The van der Waals surface area contributed by atoms with E-state index in [2.05, 4.69) is 4.90 Å². The van der Waals surface area contributed by atoms with Gasteiger partial charge in [0.15, 0.2) is 0 Å². The normalized spacial score (nSPS) is 11.4. The lowest BCUT2D eigenvalue weighted by molar-refractivity contribution is 0.156. The van der Waals surface area contributed by atoms with Crippen LogP contribution in [0.15, 0.2) is 48.5 Å². The summed E-state index contributed by atoms with van der Waals surface area (Å²) in [4.78, 5) is 2.07. The van der Waals surface area contributed by atoms with Gasteiger partial charge in [0.25, 0.3) is 0 Å². The quantitative estimate of drug-likeness (QED) is 0.844. The Labute approximate surface area is 148 Å². The molecule has 0 aliphatic heterocycles. The molecule has 0 bridgehead atoms. The molecule has 0 spiro atoms. The van der Waals surface area contributed by atoms with E-state index >= 15 is 0 Å². The highest BCUT2D eigenvalue weighted by Gasteiger charge is 2.12. The lowest BCUT2D eigenvalue weighted by Crippen LogP contribution is -2.14. The minimum atomic E-state index is -0.583. The van der Waals surface area contributed by atoms with Crippen LogP contribution in [0.2, 0.25) is 0 Å². The minimum Gasteiger partial charge on any atom is -0.392 e. The molecule has 0 amide bonds. The van der Waals surface area contributed by atoms with Crippen LogP contribution in [0, 0.1) is 17.1 Å². The molecule has 2 rings (SSSR count). The largest absolute Gasteiger partial charge is 0.392 e. The molecule has 1 unspecified atom stereocenters. The number of hydrogen-bond donors (Lipinski definition) is 2. The van der Waals surface area contributed by atoms with Gasteiger partial charge in [-0.05, 0) is 68.9 Å². The summed E-state index contributed by atoms with van der Waals surface area (Å²) in [5, 5.41) is 28.2. The highest BCUT2D eigenvalue weighted by atomic mass is 19.1. The second kappa shape index (κ2) is 11.3. The average molecular weight is 344 g/mol. The summed E-state index contributed by atoms with van der Waals surface area (Å²) >= 11 is 0. The molecule has 0 fully saturated rings. The van der Waals surface area contributed by atoms with Crippen LogP contribution in [0.3, 0.4) is 0 Å². The maximum atomic E-state index is 11.9. The fourth-order valence-corrected chi connectivity index (χ4v) is 2.31. The van der Waals surface area contributed by atoms with Crippen LogP contribution in [-0.4, -0.2) is 35.8 Å². The van der Waals surface area contributed by atoms with E-state index in [1.54, 1.807) is 36.4 Å². The van der Waals surface area contributed by atoms with E-state index in [1.165, 1.54) is 12.1 Å². The summed E-state index contributed by atoms with van der Waals surface area (Å²) in [6.07, 6.45) is 0.954. The third kappa shape index (κ3) is 7.90. The Bertz CT molecular complexity index is 669. The SMILES string of the molecule is CN(C)CCCC(O)c1ccc(C#N)cc1CO.Fc1ccccc1. The Morgan fingerprint density at radius 1 is 1.16 bits per heavy atom. The third-order valence-corrected chi connectivity index (χ3v) is 3.62. The second-order valence-electron chi connectivity index (χ2n) is 5.94. The van der Waals surface area contributed by atoms with Gasteiger partial charge >= 0.3 is 0 Å². The lowest BCUT2D eigenvalue weighted by Gasteiger charge is -2.16. The van der Waals surface area contributed by atoms with Gasteiger partial charge in [0, 0.05) is 0 Å². The van der Waals surface area contributed by atoms with Gasteiger partial charge in [-0.1, -0.05) is 24.3 Å². The Morgan fingerprint density at radius 3 is 2.32 bits per heavy atom. The molecule has 2 aromatic carbocycles. The number of benzene rings is 2. The Kier molecular flexibility index (Phi) is 9.41. The zero-order chi connectivity index (χ0) is 18.7. The number of hydrogen-bond acceptors (Lipinski definition) is 4. The second-order valence-corrected chi connectivity index (χ2v) is 5.94. The number of rotatable bonds is 6. The number of nitrogens with zero attached hydrogens (tertiary/aromatic N) is 2. The number of halogens is 1. The maximum absolute atomic E-state index is 11.9. The van der Waals surface area contributed by atoms with Crippen molar-refractivity contribution in [3.05, 3.63) is 71.0 Å². The Balaban J connectivity index is 0.000000370. The van der Waals surface area contributed by atoms with Crippen LogP contribution in [-0.2, 0) is 6.61 Å². The summed E-state index contributed by atoms with van der Waals surface area (Å²) in [6.45, 7) is 0.761. The molecule has 0 aliphatic rings.